The largest absolute Gasteiger partial charge is 0.383 e. The van der Waals surface area contributed by atoms with Crippen molar-refractivity contribution in [1.29, 1.82) is 0 Å². The van der Waals surface area contributed by atoms with Crippen LogP contribution in [0, 0.1) is 0 Å². The number of nitrogen functional groups attached to an aromatic ring is 1. The van der Waals surface area contributed by atoms with E-state index >= 15 is 0 Å². The Hall–Kier alpha value is -1.81. The number of morpholine rings is 1. The minimum absolute atomic E-state index is 0.378. The highest BCUT2D eigenvalue weighted by molar-refractivity contribution is 7.18. The van der Waals surface area contributed by atoms with E-state index in [9.17, 15) is 4.79 Å². The maximum Gasteiger partial charge on any atom is 0.246 e. The molecule has 0 aromatic carbocycles. The number of thiophene rings is 1. The van der Waals surface area contributed by atoms with Crippen molar-refractivity contribution in [3.05, 3.63) is 16.8 Å². The third kappa shape index (κ3) is 4.69. The van der Waals surface area contributed by atoms with Crippen molar-refractivity contribution < 1.29 is 14.3 Å². The molecular formula is C20H29N5O3S. The van der Waals surface area contributed by atoms with Gasteiger partial charge in [0, 0.05) is 30.4 Å². The van der Waals surface area contributed by atoms with E-state index in [1.807, 2.05) is 0 Å². The first-order chi connectivity index (χ1) is 14.1. The standard InChI is InChI=1S/C10H10N4O2S.C10H19NO/c11-8-7-4-1-5(9(12)15)16-2-6(4)17-10(7)14-3-13-8;1-2-4-10(5-3-1)11-6-8-12-9-7-11/h3,5H,1-2H2,(H2,12,15)(H2,11,13,14);10H,1-9H2. The fourth-order valence-corrected chi connectivity index (χ4v) is 5.48. The fraction of sp³-hybridized carbons (Fsp3) is 0.650. The van der Waals surface area contributed by atoms with Crippen molar-refractivity contribution in [2.24, 2.45) is 5.73 Å². The molecule has 5 rings (SSSR count). The van der Waals surface area contributed by atoms with Gasteiger partial charge in [-0.15, -0.1) is 11.3 Å². The van der Waals surface area contributed by atoms with Gasteiger partial charge in [-0.3, -0.25) is 9.69 Å². The summed E-state index contributed by atoms with van der Waals surface area (Å²) >= 11 is 1.52. The lowest BCUT2D eigenvalue weighted by molar-refractivity contribution is -0.130. The highest BCUT2D eigenvalue weighted by Crippen LogP contribution is 2.36. The molecule has 2 aromatic heterocycles. The molecule has 4 heterocycles. The monoisotopic (exact) mass is 419 g/mol. The summed E-state index contributed by atoms with van der Waals surface area (Å²) in [5.74, 6) is -0.0111. The zero-order chi connectivity index (χ0) is 20.2. The second kappa shape index (κ2) is 9.34. The predicted octanol–water partition coefficient (Wildman–Crippen LogP) is 1.85. The maximum absolute atomic E-state index is 11.1. The van der Waals surface area contributed by atoms with Gasteiger partial charge in [-0.2, -0.15) is 0 Å². The van der Waals surface area contributed by atoms with Crippen LogP contribution in [-0.2, 0) is 27.3 Å². The van der Waals surface area contributed by atoms with Crippen molar-refractivity contribution in [3.63, 3.8) is 0 Å². The second-order valence-corrected chi connectivity index (χ2v) is 8.87. The number of fused-ring (bicyclic) bond motifs is 3. The molecule has 2 aromatic rings. The van der Waals surface area contributed by atoms with Crippen LogP contribution in [0.4, 0.5) is 5.82 Å². The summed E-state index contributed by atoms with van der Waals surface area (Å²) in [7, 11) is 0. The summed E-state index contributed by atoms with van der Waals surface area (Å²) in [4.78, 5) is 23.8. The van der Waals surface area contributed by atoms with Gasteiger partial charge in [0.05, 0.1) is 25.2 Å². The first-order valence-electron chi connectivity index (χ1n) is 10.4. The quantitative estimate of drug-likeness (QED) is 0.763. The molecule has 0 bridgehead atoms. The summed E-state index contributed by atoms with van der Waals surface area (Å²) < 4.78 is 10.7. The van der Waals surface area contributed by atoms with Crippen LogP contribution in [0.1, 0.15) is 42.5 Å². The Morgan fingerprint density at radius 1 is 1.17 bits per heavy atom. The fourth-order valence-electron chi connectivity index (χ4n) is 4.39. The number of hydrogen-bond acceptors (Lipinski definition) is 8. The van der Waals surface area contributed by atoms with Crippen molar-refractivity contribution in [2.45, 2.75) is 57.3 Å². The molecule has 0 spiro atoms. The molecule has 3 aliphatic rings. The number of amides is 1. The molecule has 1 amide bonds. The lowest BCUT2D eigenvalue weighted by atomic mass is 9.94. The maximum atomic E-state index is 11.1. The topological polar surface area (TPSA) is 117 Å². The van der Waals surface area contributed by atoms with Gasteiger partial charge in [0.1, 0.15) is 23.1 Å². The van der Waals surface area contributed by atoms with Gasteiger partial charge >= 0.3 is 0 Å². The van der Waals surface area contributed by atoms with E-state index in [4.69, 9.17) is 20.9 Å². The number of aromatic nitrogens is 2. The van der Waals surface area contributed by atoms with Crippen LogP contribution in [0.3, 0.4) is 0 Å². The van der Waals surface area contributed by atoms with Gasteiger partial charge in [0.2, 0.25) is 5.91 Å². The second-order valence-electron chi connectivity index (χ2n) is 7.79. The van der Waals surface area contributed by atoms with E-state index in [0.717, 1.165) is 39.9 Å². The van der Waals surface area contributed by atoms with Gasteiger partial charge in [-0.25, -0.2) is 9.97 Å². The van der Waals surface area contributed by atoms with E-state index in [-0.39, 0.29) is 0 Å². The summed E-state index contributed by atoms with van der Waals surface area (Å²) in [6.07, 6.45) is 8.51. The van der Waals surface area contributed by atoms with Gasteiger partial charge < -0.3 is 20.9 Å². The average molecular weight is 420 g/mol. The molecule has 2 aliphatic heterocycles. The van der Waals surface area contributed by atoms with Crippen LogP contribution in [0.2, 0.25) is 0 Å². The van der Waals surface area contributed by atoms with E-state index < -0.39 is 12.0 Å². The lowest BCUT2D eigenvalue weighted by Crippen LogP contribution is -2.44. The van der Waals surface area contributed by atoms with Crippen LogP contribution in [0.15, 0.2) is 6.33 Å². The zero-order valence-electron chi connectivity index (χ0n) is 16.6. The third-order valence-corrected chi connectivity index (χ3v) is 7.07. The van der Waals surface area contributed by atoms with E-state index in [1.165, 1.54) is 62.9 Å². The van der Waals surface area contributed by atoms with E-state index in [2.05, 4.69) is 14.9 Å². The predicted molar refractivity (Wildman–Crippen MR) is 113 cm³/mol. The molecule has 158 valence electrons. The van der Waals surface area contributed by atoms with E-state index in [0.29, 0.717) is 18.8 Å². The minimum Gasteiger partial charge on any atom is -0.383 e. The first-order valence-corrected chi connectivity index (χ1v) is 11.2. The first kappa shape index (κ1) is 20.5. The number of carbonyl (C=O) groups is 1. The SMILES string of the molecule is C1CCC(N2CCOCC2)CC1.NC(=O)C1Cc2c(sc3ncnc(N)c23)CO1. The summed E-state index contributed by atoms with van der Waals surface area (Å²) in [6.45, 7) is 4.63. The van der Waals surface area contributed by atoms with Crippen molar-refractivity contribution in [2.75, 3.05) is 32.0 Å². The Bertz CT molecular complexity index is 830. The molecule has 8 nitrogen and oxygen atoms in total. The average Bonchev–Trinajstić information content (AvgIpc) is 3.14. The van der Waals surface area contributed by atoms with E-state index in [1.54, 1.807) is 0 Å². The Kier molecular flexibility index (Phi) is 6.59. The number of nitrogens with two attached hydrogens (primary N) is 2. The Labute approximate surface area is 174 Å². The summed E-state index contributed by atoms with van der Waals surface area (Å²) in [5, 5.41) is 0.835. The molecule has 1 saturated carbocycles. The smallest absolute Gasteiger partial charge is 0.246 e. The third-order valence-electron chi connectivity index (χ3n) is 5.96. The number of anilines is 1. The number of primary amides is 1. The van der Waals surface area contributed by atoms with Gasteiger partial charge in [0.15, 0.2) is 0 Å². The molecule has 0 radical (unpaired) electrons. The Morgan fingerprint density at radius 2 is 1.93 bits per heavy atom. The van der Waals surface area contributed by atoms with Crippen LogP contribution >= 0.6 is 11.3 Å². The molecule has 1 saturated heterocycles. The normalized spacial score (nSPS) is 23.2. The number of rotatable bonds is 2. The number of nitrogens with zero attached hydrogens (tertiary/aromatic N) is 3. The number of carbonyl (C=O) groups excluding carboxylic acids is 1. The minimum atomic E-state index is -0.583. The van der Waals surface area contributed by atoms with Gasteiger partial charge in [0.25, 0.3) is 0 Å². The Balaban J connectivity index is 0.000000150. The molecule has 4 N–H and O–H groups in total. The van der Waals surface area contributed by atoms with Gasteiger partial charge in [-0.1, -0.05) is 19.3 Å². The molecule has 2 fully saturated rings. The van der Waals surface area contributed by atoms with Crippen LogP contribution < -0.4 is 11.5 Å². The van der Waals surface area contributed by atoms with Crippen LogP contribution in [-0.4, -0.2) is 59.2 Å². The highest BCUT2D eigenvalue weighted by atomic mass is 32.1. The molecule has 1 unspecified atom stereocenters. The zero-order valence-corrected chi connectivity index (χ0v) is 17.5. The summed E-state index contributed by atoms with van der Waals surface area (Å²) in [6, 6.07) is 0.891. The van der Waals surface area contributed by atoms with Crippen LogP contribution in [0.25, 0.3) is 10.2 Å². The lowest BCUT2D eigenvalue weighted by Gasteiger charge is -2.36. The van der Waals surface area contributed by atoms with Crippen molar-refractivity contribution in [1.82, 2.24) is 14.9 Å². The molecule has 1 aliphatic carbocycles. The van der Waals surface area contributed by atoms with Crippen LogP contribution in [0.5, 0.6) is 0 Å². The molecular weight excluding hydrogens is 390 g/mol. The molecule has 29 heavy (non-hydrogen) atoms. The number of hydrogen-bond donors (Lipinski definition) is 2. The summed E-state index contributed by atoms with van der Waals surface area (Å²) in [5.41, 5.74) is 12.1. The molecule has 1 atom stereocenters. The number of ether oxygens (including phenoxy) is 2. The van der Waals surface area contributed by atoms with Crippen molar-refractivity contribution >= 4 is 33.3 Å². The van der Waals surface area contributed by atoms with Gasteiger partial charge in [-0.05, 0) is 18.4 Å². The molecule has 9 heteroatoms. The highest BCUT2D eigenvalue weighted by Gasteiger charge is 2.28. The Morgan fingerprint density at radius 3 is 2.66 bits per heavy atom. The van der Waals surface area contributed by atoms with Crippen molar-refractivity contribution in [3.8, 4) is 0 Å².